The minimum atomic E-state index is -0.0741. The Kier molecular flexibility index (Phi) is 6.85. The number of anilines is 2. The molecule has 3 rings (SSSR count). The first kappa shape index (κ1) is 19.0. The van der Waals surface area contributed by atoms with E-state index in [9.17, 15) is 4.79 Å². The molecule has 0 radical (unpaired) electrons. The van der Waals surface area contributed by atoms with Crippen LogP contribution < -0.4 is 15.4 Å². The maximum Gasteiger partial charge on any atom is 0.251 e. The third kappa shape index (κ3) is 5.58. The molecule has 1 aromatic heterocycles. The third-order valence-corrected chi connectivity index (χ3v) is 4.59. The molecule has 1 aliphatic rings. The smallest absolute Gasteiger partial charge is 0.251 e. The Balaban J connectivity index is 1.59. The molecule has 0 bridgehead atoms. The highest BCUT2D eigenvalue weighted by Gasteiger charge is 2.09. The molecule has 142 valence electrons. The average molecular weight is 365 g/mol. The van der Waals surface area contributed by atoms with E-state index in [1.54, 1.807) is 18.3 Å². The van der Waals surface area contributed by atoms with Crippen molar-refractivity contribution in [3.63, 3.8) is 0 Å². The molecule has 0 unspecified atom stereocenters. The van der Waals surface area contributed by atoms with Crippen molar-refractivity contribution in [3.8, 4) is 5.75 Å². The number of nitrogens with one attached hydrogen (secondary N) is 2. The molecule has 2 aromatic rings. The predicted octanol–water partition coefficient (Wildman–Crippen LogP) is 4.84. The molecule has 0 atom stereocenters. The molecule has 1 aliphatic carbocycles. The summed E-state index contributed by atoms with van der Waals surface area (Å²) >= 11 is 0. The third-order valence-electron chi connectivity index (χ3n) is 4.59. The zero-order valence-electron chi connectivity index (χ0n) is 15.8. The molecule has 0 saturated carbocycles. The Morgan fingerprint density at radius 3 is 2.93 bits per heavy atom. The van der Waals surface area contributed by atoms with Crippen LogP contribution in [0.15, 0.2) is 54.2 Å². The van der Waals surface area contributed by atoms with Crippen molar-refractivity contribution in [2.75, 3.05) is 18.5 Å². The summed E-state index contributed by atoms with van der Waals surface area (Å²) in [6, 6.07) is 11.2. The SMILES string of the molecule is CCOc1ccccc1Nc1cc(C(=O)NCCC2=CCCCC2)ccn1. The number of carbonyl (C=O) groups excluding carboxylic acids is 1. The maximum atomic E-state index is 12.4. The van der Waals surface area contributed by atoms with Gasteiger partial charge >= 0.3 is 0 Å². The van der Waals surface area contributed by atoms with E-state index in [2.05, 4.69) is 21.7 Å². The number of rotatable bonds is 8. The van der Waals surface area contributed by atoms with Crippen molar-refractivity contribution in [3.05, 3.63) is 59.8 Å². The average Bonchev–Trinajstić information content (AvgIpc) is 2.71. The minimum Gasteiger partial charge on any atom is -0.492 e. The molecule has 2 N–H and O–H groups in total. The number of ether oxygens (including phenoxy) is 1. The van der Waals surface area contributed by atoms with Crippen LogP contribution in [0, 0.1) is 0 Å². The highest BCUT2D eigenvalue weighted by atomic mass is 16.5. The van der Waals surface area contributed by atoms with Crippen LogP contribution in [0.2, 0.25) is 0 Å². The van der Waals surface area contributed by atoms with Crippen LogP contribution in [0.5, 0.6) is 5.75 Å². The van der Waals surface area contributed by atoms with Gasteiger partial charge in [-0.25, -0.2) is 4.98 Å². The lowest BCUT2D eigenvalue weighted by molar-refractivity contribution is 0.0954. The van der Waals surface area contributed by atoms with Crippen molar-refractivity contribution < 1.29 is 9.53 Å². The van der Waals surface area contributed by atoms with Crippen LogP contribution >= 0.6 is 0 Å². The van der Waals surface area contributed by atoms with E-state index in [4.69, 9.17) is 4.74 Å². The summed E-state index contributed by atoms with van der Waals surface area (Å²) in [4.78, 5) is 16.8. The number of aromatic nitrogens is 1. The van der Waals surface area contributed by atoms with E-state index in [1.165, 1.54) is 31.3 Å². The number of nitrogens with zero attached hydrogens (tertiary/aromatic N) is 1. The number of amides is 1. The molecule has 5 heteroatoms. The summed E-state index contributed by atoms with van der Waals surface area (Å²) in [5, 5.41) is 6.24. The molecule has 0 aliphatic heterocycles. The minimum absolute atomic E-state index is 0.0741. The molecule has 0 saturated heterocycles. The molecule has 5 nitrogen and oxygen atoms in total. The second-order valence-corrected chi connectivity index (χ2v) is 6.60. The quantitative estimate of drug-likeness (QED) is 0.657. The van der Waals surface area contributed by atoms with E-state index in [1.807, 2.05) is 31.2 Å². The van der Waals surface area contributed by atoms with Gasteiger partial charge in [-0.1, -0.05) is 23.8 Å². The fraction of sp³-hybridized carbons (Fsp3) is 0.364. The summed E-state index contributed by atoms with van der Waals surface area (Å²) in [5.41, 5.74) is 2.89. The lowest BCUT2D eigenvalue weighted by Crippen LogP contribution is -2.25. The zero-order valence-corrected chi connectivity index (χ0v) is 15.8. The van der Waals surface area contributed by atoms with Crippen LogP contribution in [0.25, 0.3) is 0 Å². The number of benzene rings is 1. The first-order chi connectivity index (χ1) is 13.3. The standard InChI is InChI=1S/C22H27N3O2/c1-2-27-20-11-7-6-10-19(20)25-21-16-18(13-15-23-21)22(26)24-14-12-17-8-4-3-5-9-17/h6-8,10-11,13,15-16H,2-5,9,12,14H2,1H3,(H,23,25)(H,24,26). The maximum absolute atomic E-state index is 12.4. The summed E-state index contributed by atoms with van der Waals surface area (Å²) in [5.74, 6) is 1.30. The van der Waals surface area contributed by atoms with E-state index in [0.29, 0.717) is 24.5 Å². The Hall–Kier alpha value is -2.82. The van der Waals surface area contributed by atoms with Crippen LogP contribution in [-0.2, 0) is 0 Å². The van der Waals surface area contributed by atoms with Gasteiger partial charge in [0.1, 0.15) is 11.6 Å². The van der Waals surface area contributed by atoms with Crippen LogP contribution in [0.1, 0.15) is 49.4 Å². The topological polar surface area (TPSA) is 63.2 Å². The molecule has 0 fully saturated rings. The highest BCUT2D eigenvalue weighted by Crippen LogP contribution is 2.26. The molecular formula is C22H27N3O2. The summed E-state index contributed by atoms with van der Waals surface area (Å²) < 4.78 is 5.62. The van der Waals surface area contributed by atoms with Crippen LogP contribution in [0.3, 0.4) is 0 Å². The van der Waals surface area contributed by atoms with Gasteiger partial charge in [-0.15, -0.1) is 0 Å². The van der Waals surface area contributed by atoms with Crippen LogP contribution in [-0.4, -0.2) is 24.0 Å². The van der Waals surface area contributed by atoms with Gasteiger partial charge in [-0.3, -0.25) is 4.79 Å². The van der Waals surface area contributed by atoms with Crippen molar-refractivity contribution in [1.29, 1.82) is 0 Å². The van der Waals surface area contributed by atoms with Crippen molar-refractivity contribution in [1.82, 2.24) is 10.3 Å². The molecule has 1 heterocycles. The van der Waals surface area contributed by atoms with Crippen molar-refractivity contribution in [2.45, 2.75) is 39.0 Å². The highest BCUT2D eigenvalue weighted by molar-refractivity contribution is 5.94. The van der Waals surface area contributed by atoms with Gasteiger partial charge in [0, 0.05) is 18.3 Å². The first-order valence-corrected chi connectivity index (χ1v) is 9.67. The summed E-state index contributed by atoms with van der Waals surface area (Å²) in [6.07, 6.45) is 9.79. The Bertz CT molecular complexity index is 802. The van der Waals surface area contributed by atoms with E-state index in [-0.39, 0.29) is 5.91 Å². The summed E-state index contributed by atoms with van der Waals surface area (Å²) in [7, 11) is 0. The van der Waals surface area contributed by atoms with Crippen molar-refractivity contribution >= 4 is 17.4 Å². The van der Waals surface area contributed by atoms with Gasteiger partial charge < -0.3 is 15.4 Å². The number of hydrogen-bond acceptors (Lipinski definition) is 4. The second kappa shape index (κ2) is 9.76. The molecule has 1 aromatic carbocycles. The van der Waals surface area contributed by atoms with Gasteiger partial charge in [0.05, 0.1) is 12.3 Å². The van der Waals surface area contributed by atoms with Gasteiger partial charge in [-0.05, 0) is 63.3 Å². The van der Waals surface area contributed by atoms with E-state index < -0.39 is 0 Å². The number of hydrogen-bond donors (Lipinski definition) is 2. The lowest BCUT2D eigenvalue weighted by atomic mass is 9.97. The monoisotopic (exact) mass is 365 g/mol. The van der Waals surface area contributed by atoms with Gasteiger partial charge in [0.25, 0.3) is 5.91 Å². The number of para-hydroxylation sites is 2. The number of pyridine rings is 1. The fourth-order valence-corrected chi connectivity index (χ4v) is 3.20. The van der Waals surface area contributed by atoms with E-state index in [0.717, 1.165) is 17.9 Å². The second-order valence-electron chi connectivity index (χ2n) is 6.60. The predicted molar refractivity (Wildman–Crippen MR) is 109 cm³/mol. The first-order valence-electron chi connectivity index (χ1n) is 9.67. The Morgan fingerprint density at radius 2 is 2.11 bits per heavy atom. The molecule has 0 spiro atoms. The van der Waals surface area contributed by atoms with Gasteiger partial charge in [0.2, 0.25) is 0 Å². The lowest BCUT2D eigenvalue weighted by Gasteiger charge is -2.13. The van der Waals surface area contributed by atoms with Crippen LogP contribution in [0.4, 0.5) is 11.5 Å². The summed E-state index contributed by atoms with van der Waals surface area (Å²) in [6.45, 7) is 3.21. The van der Waals surface area contributed by atoms with Gasteiger partial charge in [0.15, 0.2) is 0 Å². The molecular weight excluding hydrogens is 338 g/mol. The normalized spacial score (nSPS) is 13.6. The zero-order chi connectivity index (χ0) is 18.9. The fourth-order valence-electron chi connectivity index (χ4n) is 3.20. The molecule has 27 heavy (non-hydrogen) atoms. The number of carbonyl (C=O) groups is 1. The Labute approximate surface area is 160 Å². The van der Waals surface area contributed by atoms with Gasteiger partial charge in [-0.2, -0.15) is 0 Å². The largest absolute Gasteiger partial charge is 0.492 e. The van der Waals surface area contributed by atoms with Crippen molar-refractivity contribution in [2.24, 2.45) is 0 Å². The molecule has 1 amide bonds. The van der Waals surface area contributed by atoms with E-state index >= 15 is 0 Å². The Morgan fingerprint density at radius 1 is 1.22 bits per heavy atom. The number of allylic oxidation sites excluding steroid dienone is 1.